The first kappa shape index (κ1) is 18.0. The number of imidazole rings is 1. The zero-order chi connectivity index (χ0) is 18.7. The fourth-order valence-electron chi connectivity index (χ4n) is 3.34. The Bertz CT molecular complexity index is 942. The lowest BCUT2D eigenvalue weighted by atomic mass is 10.0. The smallest absolute Gasteiger partial charge is 0.137 e. The molecule has 0 saturated heterocycles. The fraction of sp³-hybridized carbons (Fsp3) is 0.227. The van der Waals surface area contributed by atoms with Gasteiger partial charge in [0.15, 0.2) is 0 Å². The Morgan fingerprint density at radius 3 is 2.50 bits per heavy atom. The van der Waals surface area contributed by atoms with E-state index in [1.807, 2.05) is 30.5 Å². The first-order valence-corrected chi connectivity index (χ1v) is 8.81. The molecule has 1 aromatic carbocycles. The Balaban J connectivity index is 2.18. The summed E-state index contributed by atoms with van der Waals surface area (Å²) >= 11 is 0. The van der Waals surface area contributed by atoms with Gasteiger partial charge in [-0.25, -0.2) is 4.98 Å². The van der Waals surface area contributed by atoms with Gasteiger partial charge in [0.2, 0.25) is 0 Å². The van der Waals surface area contributed by atoms with Crippen LogP contribution in [-0.2, 0) is 6.54 Å². The van der Waals surface area contributed by atoms with Crippen LogP contribution in [0.1, 0.15) is 16.8 Å². The van der Waals surface area contributed by atoms with Gasteiger partial charge in [-0.2, -0.15) is 0 Å². The topological polar surface area (TPSA) is 46.6 Å². The van der Waals surface area contributed by atoms with Crippen molar-refractivity contribution < 1.29 is 0 Å². The Morgan fingerprint density at radius 2 is 1.85 bits per heavy atom. The van der Waals surface area contributed by atoms with E-state index in [9.17, 15) is 0 Å². The Morgan fingerprint density at radius 1 is 1.12 bits per heavy atom. The molecule has 0 saturated carbocycles. The van der Waals surface area contributed by atoms with Crippen molar-refractivity contribution in [2.75, 3.05) is 18.8 Å². The molecular formula is C22H26N4. The zero-order valence-corrected chi connectivity index (χ0v) is 15.6. The van der Waals surface area contributed by atoms with Crippen LogP contribution in [0.2, 0.25) is 0 Å². The van der Waals surface area contributed by atoms with Crippen LogP contribution < -0.4 is 5.73 Å². The van der Waals surface area contributed by atoms with Crippen molar-refractivity contribution in [3.05, 3.63) is 78.7 Å². The molecule has 0 radical (unpaired) electrons. The van der Waals surface area contributed by atoms with Crippen LogP contribution in [0.25, 0.3) is 16.9 Å². The highest BCUT2D eigenvalue weighted by Crippen LogP contribution is 2.29. The number of fused-ring (bicyclic) bond motifs is 1. The van der Waals surface area contributed by atoms with Gasteiger partial charge in [-0.05, 0) is 31.5 Å². The third-order valence-corrected chi connectivity index (χ3v) is 4.53. The van der Waals surface area contributed by atoms with Crippen LogP contribution in [-0.4, -0.2) is 27.4 Å². The Labute approximate surface area is 155 Å². The molecule has 0 aliphatic heterocycles. The van der Waals surface area contributed by atoms with Gasteiger partial charge in [0, 0.05) is 37.1 Å². The molecule has 0 amide bonds. The van der Waals surface area contributed by atoms with Crippen LogP contribution >= 0.6 is 0 Å². The summed E-state index contributed by atoms with van der Waals surface area (Å²) in [5, 5.41) is 0. The summed E-state index contributed by atoms with van der Waals surface area (Å²) in [4.78, 5) is 7.19. The SMILES string of the molecule is C=CCN(CC=C)Cc1c(-c2ccc(C)cc2C)nc2ccc(N)cn12. The van der Waals surface area contributed by atoms with Crippen molar-refractivity contribution in [3.8, 4) is 11.3 Å². The van der Waals surface area contributed by atoms with Gasteiger partial charge in [0.25, 0.3) is 0 Å². The van der Waals surface area contributed by atoms with Crippen molar-refractivity contribution in [1.82, 2.24) is 14.3 Å². The predicted molar refractivity (Wildman–Crippen MR) is 110 cm³/mol. The van der Waals surface area contributed by atoms with Crippen molar-refractivity contribution in [1.29, 1.82) is 0 Å². The largest absolute Gasteiger partial charge is 0.398 e. The molecule has 0 bridgehead atoms. The molecule has 0 spiro atoms. The average molecular weight is 346 g/mol. The quantitative estimate of drug-likeness (QED) is 0.646. The maximum Gasteiger partial charge on any atom is 0.137 e. The number of aromatic nitrogens is 2. The van der Waals surface area contributed by atoms with Gasteiger partial charge in [0.05, 0.1) is 11.4 Å². The van der Waals surface area contributed by atoms with E-state index in [0.29, 0.717) is 0 Å². The maximum atomic E-state index is 6.04. The molecule has 4 nitrogen and oxygen atoms in total. The first-order valence-electron chi connectivity index (χ1n) is 8.81. The molecule has 4 heteroatoms. The highest BCUT2D eigenvalue weighted by atomic mass is 15.1. The lowest BCUT2D eigenvalue weighted by molar-refractivity contribution is 0.323. The van der Waals surface area contributed by atoms with Crippen molar-refractivity contribution in [2.24, 2.45) is 0 Å². The molecule has 134 valence electrons. The Kier molecular flexibility index (Phi) is 5.24. The molecule has 3 rings (SSSR count). The summed E-state index contributed by atoms with van der Waals surface area (Å²) < 4.78 is 2.10. The second-order valence-corrected chi connectivity index (χ2v) is 6.69. The van der Waals surface area contributed by atoms with Gasteiger partial charge < -0.3 is 10.1 Å². The zero-order valence-electron chi connectivity index (χ0n) is 15.6. The average Bonchev–Trinajstić information content (AvgIpc) is 2.93. The molecule has 0 fully saturated rings. The van der Waals surface area contributed by atoms with E-state index < -0.39 is 0 Å². The minimum Gasteiger partial charge on any atom is -0.398 e. The molecule has 0 aliphatic carbocycles. The number of pyridine rings is 1. The summed E-state index contributed by atoms with van der Waals surface area (Å²) in [5.74, 6) is 0. The standard InChI is InChI=1S/C22H26N4/c1-5-11-25(12-6-2)15-20-22(19-9-7-16(3)13-17(19)4)24-21-10-8-18(23)14-26(20)21/h5-10,13-14H,1-2,11-12,15,23H2,3-4H3. The van der Waals surface area contributed by atoms with Crippen LogP contribution in [0.3, 0.4) is 0 Å². The van der Waals surface area contributed by atoms with E-state index in [2.05, 4.69) is 54.5 Å². The van der Waals surface area contributed by atoms with E-state index in [1.54, 1.807) is 0 Å². The molecule has 3 aromatic rings. The normalized spacial score (nSPS) is 11.2. The van der Waals surface area contributed by atoms with Gasteiger partial charge in [-0.3, -0.25) is 4.90 Å². The van der Waals surface area contributed by atoms with E-state index >= 15 is 0 Å². The molecule has 26 heavy (non-hydrogen) atoms. The lowest BCUT2D eigenvalue weighted by Crippen LogP contribution is -2.24. The first-order chi connectivity index (χ1) is 12.5. The monoisotopic (exact) mass is 346 g/mol. The molecule has 0 unspecified atom stereocenters. The molecule has 2 N–H and O–H groups in total. The number of nitrogens with zero attached hydrogens (tertiary/aromatic N) is 3. The number of benzene rings is 1. The van der Waals surface area contributed by atoms with Crippen molar-refractivity contribution in [3.63, 3.8) is 0 Å². The number of anilines is 1. The third-order valence-electron chi connectivity index (χ3n) is 4.53. The predicted octanol–water partition coefficient (Wildman–Crippen LogP) is 4.37. The van der Waals surface area contributed by atoms with Crippen molar-refractivity contribution >= 4 is 11.3 Å². The highest BCUT2D eigenvalue weighted by molar-refractivity contribution is 5.70. The van der Waals surface area contributed by atoms with E-state index in [0.717, 1.165) is 47.9 Å². The second kappa shape index (κ2) is 7.58. The van der Waals surface area contributed by atoms with Gasteiger partial charge >= 0.3 is 0 Å². The number of aryl methyl sites for hydroxylation is 2. The Hall–Kier alpha value is -2.85. The number of nitrogens with two attached hydrogens (primary N) is 1. The van der Waals surface area contributed by atoms with E-state index in [1.165, 1.54) is 11.1 Å². The number of nitrogen functional groups attached to an aromatic ring is 1. The van der Waals surface area contributed by atoms with Gasteiger partial charge in [-0.1, -0.05) is 35.9 Å². The lowest BCUT2D eigenvalue weighted by Gasteiger charge is -2.19. The van der Waals surface area contributed by atoms with Crippen LogP contribution in [0, 0.1) is 13.8 Å². The highest BCUT2D eigenvalue weighted by Gasteiger charge is 2.18. The van der Waals surface area contributed by atoms with Gasteiger partial charge in [0.1, 0.15) is 5.65 Å². The summed E-state index contributed by atoms with van der Waals surface area (Å²) in [5.41, 5.74) is 13.4. The number of hydrogen-bond donors (Lipinski definition) is 1. The minimum atomic E-state index is 0.724. The summed E-state index contributed by atoms with van der Waals surface area (Å²) in [7, 11) is 0. The number of rotatable bonds is 7. The summed E-state index contributed by atoms with van der Waals surface area (Å²) in [6.45, 7) is 14.3. The summed E-state index contributed by atoms with van der Waals surface area (Å²) in [6, 6.07) is 10.4. The summed E-state index contributed by atoms with van der Waals surface area (Å²) in [6.07, 6.45) is 5.78. The van der Waals surface area contributed by atoms with E-state index in [4.69, 9.17) is 10.7 Å². The number of hydrogen-bond acceptors (Lipinski definition) is 3. The maximum absolute atomic E-state index is 6.04. The third kappa shape index (κ3) is 3.55. The van der Waals surface area contributed by atoms with Crippen LogP contribution in [0.4, 0.5) is 5.69 Å². The molecule has 0 aliphatic rings. The van der Waals surface area contributed by atoms with Gasteiger partial charge in [-0.15, -0.1) is 13.2 Å². The molecule has 2 aromatic heterocycles. The van der Waals surface area contributed by atoms with Crippen LogP contribution in [0.15, 0.2) is 61.8 Å². The van der Waals surface area contributed by atoms with Crippen LogP contribution in [0.5, 0.6) is 0 Å². The molecular weight excluding hydrogens is 320 g/mol. The second-order valence-electron chi connectivity index (χ2n) is 6.69. The fourth-order valence-corrected chi connectivity index (χ4v) is 3.34. The minimum absolute atomic E-state index is 0.724. The molecule has 0 atom stereocenters. The van der Waals surface area contributed by atoms with Crippen molar-refractivity contribution in [2.45, 2.75) is 20.4 Å². The van der Waals surface area contributed by atoms with E-state index in [-0.39, 0.29) is 0 Å². The molecule has 2 heterocycles.